The summed E-state index contributed by atoms with van der Waals surface area (Å²) in [5, 5.41) is 21.2. The fourth-order valence-electron chi connectivity index (χ4n) is 6.51. The van der Waals surface area contributed by atoms with Gasteiger partial charge in [-0.3, -0.25) is 14.5 Å². The molecule has 228 valence electrons. The summed E-state index contributed by atoms with van der Waals surface area (Å²) in [5.41, 5.74) is 5.47. The molecule has 0 fully saturated rings. The second-order valence-electron chi connectivity index (χ2n) is 12.5. The molecule has 8 nitrogen and oxygen atoms in total. The Balaban J connectivity index is 1.46. The lowest BCUT2D eigenvalue weighted by atomic mass is 9.92. The minimum absolute atomic E-state index is 0.0942. The molecule has 0 spiro atoms. The summed E-state index contributed by atoms with van der Waals surface area (Å²) in [6.07, 6.45) is 3.39. The molecule has 1 aliphatic heterocycles. The van der Waals surface area contributed by atoms with Crippen molar-refractivity contribution in [3.63, 3.8) is 0 Å². The monoisotopic (exact) mass is 614 g/mol. The van der Waals surface area contributed by atoms with E-state index in [1.807, 2.05) is 41.1 Å². The number of hydrogen-bond donors (Lipinski definition) is 0. The highest BCUT2D eigenvalue weighted by atomic mass is 16.2. The predicted octanol–water partition coefficient (Wildman–Crippen LogP) is 8.21. The Kier molecular flexibility index (Phi) is 6.95. The lowest BCUT2D eigenvalue weighted by Gasteiger charge is -2.29. The number of fused-ring (bicyclic) bond motifs is 4. The molecule has 47 heavy (non-hydrogen) atoms. The smallest absolute Gasteiger partial charge is 0.197 e. The van der Waals surface area contributed by atoms with Crippen molar-refractivity contribution in [1.29, 1.82) is 10.5 Å². The van der Waals surface area contributed by atoms with Crippen LogP contribution in [0.2, 0.25) is 0 Å². The average molecular weight is 615 g/mol. The average Bonchev–Trinajstić information content (AvgIpc) is 3.47. The van der Waals surface area contributed by atoms with Crippen LogP contribution in [0.15, 0.2) is 90.3 Å². The summed E-state index contributed by atoms with van der Waals surface area (Å²) in [6, 6.07) is 24.9. The lowest BCUT2D eigenvalue weighted by Crippen LogP contribution is -2.24. The molecule has 0 radical (unpaired) electrons. The van der Waals surface area contributed by atoms with Gasteiger partial charge in [0.15, 0.2) is 23.2 Å². The number of allylic oxidation sites excluding steroid dienone is 3. The van der Waals surface area contributed by atoms with Crippen molar-refractivity contribution in [2.24, 2.45) is 0 Å². The maximum absolute atomic E-state index is 13.7. The standard InChI is InChI=1S/C39H30N6O2/c1-21(2)27-11-8-12-28(22(3)4)35(27)45-34(44(5)38-39(45)43-33-18-26(20-41)25(19-40)17-32(33)42-38)14-13-29-36(46)30-15-23-9-6-7-10-24(23)16-31(30)37(29)47/h6-18,21-22H,1-5H3/b34-14+. The molecule has 5 aromatic rings. The molecular formula is C39H30N6O2. The van der Waals surface area contributed by atoms with Crippen LogP contribution in [0.1, 0.15) is 82.5 Å². The van der Waals surface area contributed by atoms with Crippen molar-refractivity contribution in [3.05, 3.63) is 124 Å². The van der Waals surface area contributed by atoms with Crippen LogP contribution in [0.3, 0.4) is 0 Å². The van der Waals surface area contributed by atoms with Gasteiger partial charge in [-0.2, -0.15) is 10.5 Å². The number of aromatic nitrogens is 2. The summed E-state index contributed by atoms with van der Waals surface area (Å²) in [4.78, 5) is 41.2. The third-order valence-corrected chi connectivity index (χ3v) is 8.94. The summed E-state index contributed by atoms with van der Waals surface area (Å²) < 4.78 is 0. The van der Waals surface area contributed by atoms with Gasteiger partial charge in [0.05, 0.1) is 33.4 Å². The highest BCUT2D eigenvalue weighted by Gasteiger charge is 2.38. The van der Waals surface area contributed by atoms with Crippen LogP contribution in [0, 0.1) is 22.7 Å². The second-order valence-corrected chi connectivity index (χ2v) is 12.5. The molecule has 2 heterocycles. The first kappa shape index (κ1) is 29.6. The zero-order valence-corrected chi connectivity index (χ0v) is 26.7. The lowest BCUT2D eigenvalue weighted by molar-refractivity contribution is 0.0988. The molecule has 0 unspecified atom stereocenters. The minimum atomic E-state index is -0.308. The van der Waals surface area contributed by atoms with Crippen LogP contribution in [-0.4, -0.2) is 28.6 Å². The van der Waals surface area contributed by atoms with E-state index in [2.05, 4.69) is 58.0 Å². The van der Waals surface area contributed by atoms with Gasteiger partial charge >= 0.3 is 0 Å². The van der Waals surface area contributed by atoms with Crippen LogP contribution in [0.4, 0.5) is 17.3 Å². The Hall–Kier alpha value is -6.12. The molecule has 0 saturated heterocycles. The van der Waals surface area contributed by atoms with Gasteiger partial charge in [0.1, 0.15) is 18.0 Å². The van der Waals surface area contributed by atoms with Crippen LogP contribution in [-0.2, 0) is 0 Å². The number of nitriles is 2. The van der Waals surface area contributed by atoms with E-state index in [0.29, 0.717) is 39.6 Å². The van der Waals surface area contributed by atoms with Crippen LogP contribution in [0.25, 0.3) is 21.8 Å². The maximum atomic E-state index is 13.7. The molecule has 0 amide bonds. The SMILES string of the molecule is CC(C)c1cccc(C(C)C)c1N1/C(=C/C=C2C(=O)c3cc4ccccc4cc3C2=O)N(C)c2nc3cc(C#N)c(C#N)cc3nc21. The second kappa shape index (κ2) is 11.0. The highest BCUT2D eigenvalue weighted by Crippen LogP contribution is 2.49. The van der Waals surface area contributed by atoms with E-state index in [-0.39, 0.29) is 40.1 Å². The molecule has 1 aliphatic carbocycles. The third kappa shape index (κ3) is 4.57. The fraction of sp³-hybridized carbons (Fsp3) is 0.179. The topological polar surface area (TPSA) is 114 Å². The molecule has 0 atom stereocenters. The zero-order valence-electron chi connectivity index (χ0n) is 26.7. The number of ketones is 2. The molecule has 8 heteroatoms. The zero-order chi connectivity index (χ0) is 33.1. The van der Waals surface area contributed by atoms with Crippen LogP contribution < -0.4 is 9.80 Å². The minimum Gasteiger partial charge on any atom is -0.312 e. The third-order valence-electron chi connectivity index (χ3n) is 8.94. The Morgan fingerprint density at radius 1 is 0.702 bits per heavy atom. The number of Topliss-reactive ketones (excluding diaryl/α,β-unsaturated/α-hetero) is 2. The Labute approximate surface area is 272 Å². The van der Waals surface area contributed by atoms with Gasteiger partial charge in [0.2, 0.25) is 0 Å². The molecule has 0 bridgehead atoms. The number of anilines is 3. The molecule has 7 rings (SSSR count). The number of rotatable bonds is 4. The molecule has 4 aromatic carbocycles. The van der Waals surface area contributed by atoms with E-state index in [4.69, 9.17) is 9.97 Å². The normalized spacial score (nSPS) is 14.8. The van der Waals surface area contributed by atoms with Gasteiger partial charge in [-0.1, -0.05) is 70.2 Å². The Morgan fingerprint density at radius 2 is 1.21 bits per heavy atom. The van der Waals surface area contributed by atoms with E-state index in [9.17, 15) is 20.1 Å². The van der Waals surface area contributed by atoms with Crippen molar-refractivity contribution >= 4 is 50.7 Å². The molecular weight excluding hydrogens is 584 g/mol. The van der Waals surface area contributed by atoms with E-state index >= 15 is 0 Å². The number of nitrogens with zero attached hydrogens (tertiary/aromatic N) is 6. The first-order valence-electron chi connectivity index (χ1n) is 15.5. The maximum Gasteiger partial charge on any atom is 0.197 e. The molecule has 2 aliphatic rings. The Bertz CT molecular complexity index is 2270. The summed E-state index contributed by atoms with van der Waals surface area (Å²) >= 11 is 0. The van der Waals surface area contributed by atoms with Crippen molar-refractivity contribution in [2.75, 3.05) is 16.8 Å². The van der Waals surface area contributed by atoms with Gasteiger partial charge in [0.25, 0.3) is 0 Å². The van der Waals surface area contributed by atoms with E-state index in [0.717, 1.165) is 27.6 Å². The summed E-state index contributed by atoms with van der Waals surface area (Å²) in [5.74, 6) is 1.46. The van der Waals surface area contributed by atoms with Gasteiger partial charge in [-0.15, -0.1) is 0 Å². The van der Waals surface area contributed by atoms with E-state index in [1.54, 1.807) is 36.4 Å². The first-order valence-corrected chi connectivity index (χ1v) is 15.5. The number of hydrogen-bond acceptors (Lipinski definition) is 8. The van der Waals surface area contributed by atoms with Crippen molar-refractivity contribution < 1.29 is 9.59 Å². The van der Waals surface area contributed by atoms with Crippen molar-refractivity contribution in [3.8, 4) is 12.1 Å². The predicted molar refractivity (Wildman–Crippen MR) is 183 cm³/mol. The fourth-order valence-corrected chi connectivity index (χ4v) is 6.51. The van der Waals surface area contributed by atoms with E-state index in [1.165, 1.54) is 0 Å². The van der Waals surface area contributed by atoms with Crippen LogP contribution in [0.5, 0.6) is 0 Å². The van der Waals surface area contributed by atoms with E-state index < -0.39 is 0 Å². The molecule has 0 saturated carbocycles. The number of carbonyl (C=O) groups is 2. The van der Waals surface area contributed by atoms with Crippen LogP contribution >= 0.6 is 0 Å². The largest absolute Gasteiger partial charge is 0.312 e. The van der Waals surface area contributed by atoms with Gasteiger partial charge < -0.3 is 4.90 Å². The Morgan fingerprint density at radius 3 is 1.70 bits per heavy atom. The quantitative estimate of drug-likeness (QED) is 0.147. The van der Waals surface area contributed by atoms with Gasteiger partial charge in [0, 0.05) is 18.2 Å². The first-order chi connectivity index (χ1) is 22.6. The molecule has 1 aromatic heterocycles. The van der Waals surface area contributed by atoms with Gasteiger partial charge in [-0.05, 0) is 70.2 Å². The van der Waals surface area contributed by atoms with Gasteiger partial charge in [-0.25, -0.2) is 9.97 Å². The highest BCUT2D eigenvalue weighted by molar-refractivity contribution is 6.40. The summed E-state index contributed by atoms with van der Waals surface area (Å²) in [6.45, 7) is 8.56. The number of benzene rings is 4. The van der Waals surface area contributed by atoms with Crippen molar-refractivity contribution in [1.82, 2.24) is 9.97 Å². The summed E-state index contributed by atoms with van der Waals surface area (Å²) in [7, 11) is 1.87. The van der Waals surface area contributed by atoms with Crippen molar-refractivity contribution in [2.45, 2.75) is 39.5 Å². The number of para-hydroxylation sites is 1. The molecule has 0 N–H and O–H groups in total. The number of carbonyl (C=O) groups excluding carboxylic acids is 2.